The van der Waals surface area contributed by atoms with E-state index in [-0.39, 0.29) is 0 Å². The van der Waals surface area contributed by atoms with Gasteiger partial charge in [-0.05, 0) is 23.6 Å². The van der Waals surface area contributed by atoms with Crippen LogP contribution in [0, 0.1) is 0 Å². The summed E-state index contributed by atoms with van der Waals surface area (Å²) in [5, 5.41) is 11.8. The van der Waals surface area contributed by atoms with Gasteiger partial charge in [-0.15, -0.1) is 0 Å². The first-order valence-electron chi connectivity index (χ1n) is 4.61. The van der Waals surface area contributed by atoms with E-state index >= 15 is 0 Å². The quantitative estimate of drug-likeness (QED) is 0.775. The lowest BCUT2D eigenvalue weighted by atomic mass is 10.0. The van der Waals surface area contributed by atoms with Gasteiger partial charge in [0.2, 0.25) is 0 Å². The molecule has 0 saturated heterocycles. The zero-order valence-electron chi connectivity index (χ0n) is 8.66. The molecule has 0 aliphatic carbocycles. The van der Waals surface area contributed by atoms with Gasteiger partial charge in [0.1, 0.15) is 0 Å². The van der Waals surface area contributed by atoms with Crippen molar-refractivity contribution in [2.24, 2.45) is 0 Å². The average molecular weight is 193 g/mol. The van der Waals surface area contributed by atoms with Crippen molar-refractivity contribution in [2.45, 2.75) is 19.8 Å². The van der Waals surface area contributed by atoms with Crippen LogP contribution < -0.4 is 5.32 Å². The minimum absolute atomic E-state index is 0.317. The molecule has 1 aromatic rings. The van der Waals surface area contributed by atoms with Gasteiger partial charge in [-0.2, -0.15) is 0 Å². The third kappa shape index (κ3) is 2.05. The largest absolute Gasteiger partial charge is 0.478 e. The molecule has 2 N–H and O–H groups in total. The van der Waals surface area contributed by atoms with Gasteiger partial charge in [0.25, 0.3) is 0 Å². The zero-order chi connectivity index (χ0) is 10.7. The zero-order valence-corrected chi connectivity index (χ0v) is 8.66. The van der Waals surface area contributed by atoms with E-state index in [1.165, 1.54) is 0 Å². The Bertz CT molecular complexity index is 345. The normalized spacial score (nSPS) is 10.3. The van der Waals surface area contributed by atoms with Gasteiger partial charge in [-0.1, -0.05) is 19.9 Å². The number of benzene rings is 1. The highest BCUT2D eigenvalue weighted by Crippen LogP contribution is 2.22. The second-order valence-corrected chi connectivity index (χ2v) is 3.51. The molecular formula is C11H15NO2. The van der Waals surface area contributed by atoms with E-state index in [1.54, 1.807) is 13.1 Å². The van der Waals surface area contributed by atoms with Crippen molar-refractivity contribution in [3.05, 3.63) is 29.3 Å². The smallest absolute Gasteiger partial charge is 0.337 e. The molecule has 0 saturated carbocycles. The molecule has 0 bridgehead atoms. The van der Waals surface area contributed by atoms with E-state index in [0.29, 0.717) is 17.2 Å². The number of carboxylic acid groups (broad SMARTS) is 1. The molecule has 0 aliphatic heterocycles. The van der Waals surface area contributed by atoms with Crippen LogP contribution in [0.5, 0.6) is 0 Å². The second kappa shape index (κ2) is 4.13. The second-order valence-electron chi connectivity index (χ2n) is 3.51. The Morgan fingerprint density at radius 3 is 2.50 bits per heavy atom. The number of nitrogens with one attached hydrogen (secondary N) is 1. The van der Waals surface area contributed by atoms with E-state index in [9.17, 15) is 4.79 Å². The molecule has 0 aromatic heterocycles. The molecule has 76 valence electrons. The highest BCUT2D eigenvalue weighted by molar-refractivity contribution is 5.94. The molecule has 3 nitrogen and oxygen atoms in total. The van der Waals surface area contributed by atoms with E-state index in [0.717, 1.165) is 5.56 Å². The SMILES string of the molecule is CNc1cc(C(C)C)ccc1C(=O)O. The van der Waals surface area contributed by atoms with Crippen LogP contribution >= 0.6 is 0 Å². The first kappa shape index (κ1) is 10.6. The van der Waals surface area contributed by atoms with Gasteiger partial charge < -0.3 is 10.4 Å². The minimum atomic E-state index is -0.898. The van der Waals surface area contributed by atoms with Crippen molar-refractivity contribution in [3.8, 4) is 0 Å². The maximum absolute atomic E-state index is 10.8. The Kier molecular flexibility index (Phi) is 3.12. The Balaban J connectivity index is 3.18. The van der Waals surface area contributed by atoms with Crippen LogP contribution in [-0.4, -0.2) is 18.1 Å². The van der Waals surface area contributed by atoms with Crippen LogP contribution in [-0.2, 0) is 0 Å². The summed E-state index contributed by atoms with van der Waals surface area (Å²) in [6, 6.07) is 5.38. The third-order valence-corrected chi connectivity index (χ3v) is 2.21. The van der Waals surface area contributed by atoms with Gasteiger partial charge in [-0.25, -0.2) is 4.79 Å². The molecule has 0 heterocycles. The van der Waals surface area contributed by atoms with Gasteiger partial charge >= 0.3 is 5.97 Å². The first-order chi connectivity index (χ1) is 6.56. The summed E-state index contributed by atoms with van der Waals surface area (Å²) in [6.07, 6.45) is 0. The summed E-state index contributed by atoms with van der Waals surface area (Å²) in [4.78, 5) is 10.8. The molecule has 3 heteroatoms. The number of hydrogen-bond acceptors (Lipinski definition) is 2. The van der Waals surface area contributed by atoms with Crippen LogP contribution in [0.4, 0.5) is 5.69 Å². The molecule has 0 atom stereocenters. The summed E-state index contributed by atoms with van der Waals surface area (Å²) in [5.74, 6) is -0.491. The molecule has 0 aliphatic rings. The fraction of sp³-hybridized carbons (Fsp3) is 0.364. The van der Waals surface area contributed by atoms with Crippen molar-refractivity contribution in [2.75, 3.05) is 12.4 Å². The van der Waals surface area contributed by atoms with E-state index < -0.39 is 5.97 Å². The number of hydrogen-bond donors (Lipinski definition) is 2. The fourth-order valence-electron chi connectivity index (χ4n) is 1.31. The average Bonchev–Trinajstić information content (AvgIpc) is 2.16. The molecule has 14 heavy (non-hydrogen) atoms. The van der Waals surface area contributed by atoms with Gasteiger partial charge in [0, 0.05) is 12.7 Å². The Morgan fingerprint density at radius 2 is 2.07 bits per heavy atom. The Morgan fingerprint density at radius 1 is 1.43 bits per heavy atom. The lowest BCUT2D eigenvalue weighted by molar-refractivity contribution is 0.0698. The van der Waals surface area contributed by atoms with Crippen molar-refractivity contribution < 1.29 is 9.90 Å². The van der Waals surface area contributed by atoms with Crippen LogP contribution in [0.1, 0.15) is 35.7 Å². The first-order valence-corrected chi connectivity index (χ1v) is 4.61. The molecule has 0 spiro atoms. The summed E-state index contributed by atoms with van der Waals surface area (Å²) >= 11 is 0. The highest BCUT2D eigenvalue weighted by atomic mass is 16.4. The van der Waals surface area contributed by atoms with Crippen LogP contribution in [0.3, 0.4) is 0 Å². The molecule has 1 aromatic carbocycles. The summed E-state index contributed by atoms with van der Waals surface area (Å²) in [5.41, 5.74) is 2.12. The van der Waals surface area contributed by atoms with E-state index in [2.05, 4.69) is 19.2 Å². The number of carboxylic acids is 1. The maximum Gasteiger partial charge on any atom is 0.337 e. The van der Waals surface area contributed by atoms with Crippen LogP contribution in [0.2, 0.25) is 0 Å². The summed E-state index contributed by atoms with van der Waals surface area (Å²) in [7, 11) is 1.73. The monoisotopic (exact) mass is 193 g/mol. The van der Waals surface area contributed by atoms with Crippen molar-refractivity contribution in [1.29, 1.82) is 0 Å². The highest BCUT2D eigenvalue weighted by Gasteiger charge is 2.10. The molecule has 1 rings (SSSR count). The van der Waals surface area contributed by atoms with Crippen molar-refractivity contribution in [1.82, 2.24) is 0 Å². The Hall–Kier alpha value is -1.51. The van der Waals surface area contributed by atoms with Crippen LogP contribution in [0.25, 0.3) is 0 Å². The van der Waals surface area contributed by atoms with E-state index in [4.69, 9.17) is 5.11 Å². The number of rotatable bonds is 3. The number of anilines is 1. The predicted octanol–water partition coefficient (Wildman–Crippen LogP) is 2.55. The Labute approximate surface area is 83.8 Å². The molecule has 0 radical (unpaired) electrons. The topological polar surface area (TPSA) is 49.3 Å². The summed E-state index contributed by atoms with van der Waals surface area (Å²) < 4.78 is 0. The maximum atomic E-state index is 10.8. The van der Waals surface area contributed by atoms with Gasteiger partial charge in [0.15, 0.2) is 0 Å². The minimum Gasteiger partial charge on any atom is -0.478 e. The van der Waals surface area contributed by atoms with Crippen molar-refractivity contribution in [3.63, 3.8) is 0 Å². The molecule has 0 unspecified atom stereocenters. The lowest BCUT2D eigenvalue weighted by Gasteiger charge is -2.10. The standard InChI is InChI=1S/C11H15NO2/c1-7(2)8-4-5-9(11(13)14)10(6-8)12-3/h4-7,12H,1-3H3,(H,13,14). The predicted molar refractivity (Wildman–Crippen MR) is 57.0 cm³/mol. The molecular weight excluding hydrogens is 178 g/mol. The van der Waals surface area contributed by atoms with Gasteiger partial charge in [-0.3, -0.25) is 0 Å². The molecule has 0 amide bonds. The number of carbonyl (C=O) groups is 1. The molecule has 0 fully saturated rings. The fourth-order valence-corrected chi connectivity index (χ4v) is 1.31. The number of aromatic carboxylic acids is 1. The van der Waals surface area contributed by atoms with Crippen molar-refractivity contribution >= 4 is 11.7 Å². The van der Waals surface area contributed by atoms with Gasteiger partial charge in [0.05, 0.1) is 5.56 Å². The summed E-state index contributed by atoms with van der Waals surface area (Å²) in [6.45, 7) is 4.16. The van der Waals surface area contributed by atoms with Crippen LogP contribution in [0.15, 0.2) is 18.2 Å². The third-order valence-electron chi connectivity index (χ3n) is 2.21. The van der Waals surface area contributed by atoms with E-state index in [1.807, 2.05) is 12.1 Å². The lowest BCUT2D eigenvalue weighted by Crippen LogP contribution is -2.03.